The summed E-state index contributed by atoms with van der Waals surface area (Å²) in [5.74, 6) is -2.90. The molecule has 0 saturated heterocycles. The average Bonchev–Trinajstić information content (AvgIpc) is 2.80. The van der Waals surface area contributed by atoms with Gasteiger partial charge in [-0.25, -0.2) is 0 Å². The summed E-state index contributed by atoms with van der Waals surface area (Å²) in [6.07, 6.45) is 3.02. The van der Waals surface area contributed by atoms with Crippen molar-refractivity contribution in [2.45, 2.75) is 0 Å². The molecule has 2 aromatic carbocycles. The number of carbonyl (C=O) groups is 3. The number of carbonyl (C=O) groups excluding carboxylic acids is 3. The Morgan fingerprint density at radius 2 is 1.09 bits per heavy atom. The molecule has 11 N–H and O–H groups in total. The molecule has 3 rings (SSSR count). The molecule has 1 heterocycles. The van der Waals surface area contributed by atoms with E-state index >= 15 is 0 Å². The van der Waals surface area contributed by atoms with E-state index in [4.69, 9.17) is 16.3 Å². The maximum absolute atomic E-state index is 10.4. The zero-order valence-corrected chi connectivity index (χ0v) is 21.3. The zero-order chi connectivity index (χ0) is 23.2. The normalized spacial score (nSPS) is 7.71. The molecule has 35 heavy (non-hydrogen) atoms. The van der Waals surface area contributed by atoms with E-state index in [2.05, 4.69) is 4.98 Å². The molecular weight excluding hydrogens is 514 g/mol. The molecule has 0 radical (unpaired) electrons. The number of primary amides is 1. The third kappa shape index (κ3) is 14.3. The van der Waals surface area contributed by atoms with E-state index in [0.29, 0.717) is 16.7 Å². The fourth-order valence-corrected chi connectivity index (χ4v) is 1.87. The second-order valence-corrected chi connectivity index (χ2v) is 5.56. The van der Waals surface area contributed by atoms with Crippen molar-refractivity contribution in [3.8, 4) is 12.1 Å². The van der Waals surface area contributed by atoms with Gasteiger partial charge >= 0.3 is 19.5 Å². The minimum atomic E-state index is -1.23. The average molecular weight is 537 g/mol. The van der Waals surface area contributed by atoms with Gasteiger partial charge in [-0.15, -0.1) is 0 Å². The van der Waals surface area contributed by atoms with Crippen LogP contribution in [0.25, 0.3) is 0 Å². The quantitative estimate of drug-likeness (QED) is 0.269. The number of hydrogen-bond donors (Lipinski definition) is 1. The van der Waals surface area contributed by atoms with Crippen LogP contribution in [0, 0.1) is 22.7 Å². The Bertz CT molecular complexity index is 1060. The summed E-state index contributed by atoms with van der Waals surface area (Å²) in [6, 6.07) is 18.2. The van der Waals surface area contributed by atoms with Crippen molar-refractivity contribution in [1.82, 2.24) is 4.98 Å². The molecule has 13 heteroatoms. The monoisotopic (exact) mass is 535 g/mol. The number of carboxylic acid groups (broad SMARTS) is 2. The van der Waals surface area contributed by atoms with Crippen molar-refractivity contribution in [1.29, 1.82) is 10.5 Å². The fourth-order valence-electron chi connectivity index (χ4n) is 1.87. The van der Waals surface area contributed by atoms with Gasteiger partial charge < -0.3 is 42.0 Å². The van der Waals surface area contributed by atoms with Crippen LogP contribution in [0.4, 0.5) is 0 Å². The first-order valence-electron chi connectivity index (χ1n) is 8.41. The molecular formula is C22H23N4O8Zn+3. The molecule has 0 aliphatic rings. The van der Waals surface area contributed by atoms with Crippen LogP contribution >= 0.6 is 0 Å². The summed E-state index contributed by atoms with van der Waals surface area (Å²) in [6.45, 7) is 0. The molecule has 0 atom stereocenters. The molecule has 1 amide bonds. The van der Waals surface area contributed by atoms with E-state index in [0.717, 1.165) is 0 Å². The Morgan fingerprint density at radius 3 is 1.29 bits per heavy atom. The number of aromatic nitrogens is 1. The molecule has 0 fully saturated rings. The van der Waals surface area contributed by atoms with Crippen molar-refractivity contribution < 1.29 is 60.5 Å². The predicted molar refractivity (Wildman–Crippen MR) is 118 cm³/mol. The number of rotatable bonds is 3. The predicted octanol–water partition coefficient (Wildman–Crippen LogP) is -2.74. The van der Waals surface area contributed by atoms with E-state index in [9.17, 15) is 24.6 Å². The number of nitrogens with zero attached hydrogens (tertiary/aromatic N) is 3. The minimum Gasteiger partial charge on any atom is -0.545 e. The first kappa shape index (κ1) is 37.8. The smallest absolute Gasteiger partial charge is 0.545 e. The Balaban J connectivity index is -0.000000196. The van der Waals surface area contributed by atoms with Gasteiger partial charge in [0.25, 0.3) is 0 Å². The summed E-state index contributed by atoms with van der Waals surface area (Å²) in [5.41, 5.74) is 6.43. The van der Waals surface area contributed by atoms with Gasteiger partial charge in [-0.3, -0.25) is 9.78 Å². The Labute approximate surface area is 212 Å². The molecule has 0 aliphatic heterocycles. The van der Waals surface area contributed by atoms with Crippen molar-refractivity contribution >= 4 is 17.8 Å². The molecule has 1 aromatic heterocycles. The van der Waals surface area contributed by atoms with Gasteiger partial charge in [0.15, 0.2) is 0 Å². The van der Waals surface area contributed by atoms with Crippen LogP contribution in [-0.4, -0.2) is 22.8 Å². The molecule has 12 nitrogen and oxygen atoms in total. The summed E-state index contributed by atoms with van der Waals surface area (Å²) in [7, 11) is 0. The number of hydrogen-bond acceptors (Lipinski definition) is 8. The van der Waals surface area contributed by atoms with Crippen LogP contribution in [0.3, 0.4) is 0 Å². The maximum atomic E-state index is 10.4. The maximum Gasteiger partial charge on any atom is 2.00 e. The number of carboxylic acids is 2. The van der Waals surface area contributed by atoms with Crippen molar-refractivity contribution in [3.63, 3.8) is 0 Å². The van der Waals surface area contributed by atoms with Crippen LogP contribution in [-0.2, 0) is 35.9 Å². The number of benzene rings is 2. The largest absolute Gasteiger partial charge is 2.00 e. The van der Waals surface area contributed by atoms with E-state index < -0.39 is 17.8 Å². The molecule has 0 spiro atoms. The fraction of sp³-hybridized carbons (Fsp3) is 0. The summed E-state index contributed by atoms with van der Waals surface area (Å²) >= 11 is 0. The topological polar surface area (TPSA) is 283 Å². The standard InChI is InChI=1S/2C8H5NO2.C6H6N2O.3H2O.Zn/c2*9-5-6-1-3-7(4-2-6)8(10)11;7-6(9)5-2-1-3-8-4-5;;;;/h2*1-4H,(H,10,11);1-4H,(H2,7,9);3*1H2;/q;;;;;;+2/p+1. The summed E-state index contributed by atoms with van der Waals surface area (Å²) in [4.78, 5) is 34.5. The molecule has 3 aromatic rings. The second-order valence-electron chi connectivity index (χ2n) is 5.56. The first-order chi connectivity index (χ1) is 14.8. The number of aromatic carboxylic acids is 2. The van der Waals surface area contributed by atoms with E-state index in [1.807, 2.05) is 12.1 Å². The van der Waals surface area contributed by atoms with E-state index in [-0.39, 0.29) is 47.0 Å². The Morgan fingerprint density at radius 1 is 0.714 bits per heavy atom. The van der Waals surface area contributed by atoms with Gasteiger partial charge in [-0.05, 0) is 47.5 Å². The Hall–Kier alpha value is -4.52. The van der Waals surface area contributed by atoms with Gasteiger partial charge in [0.1, 0.15) is 0 Å². The van der Waals surface area contributed by atoms with Crippen LogP contribution in [0.5, 0.6) is 0 Å². The molecule has 0 aliphatic carbocycles. The van der Waals surface area contributed by atoms with Crippen molar-refractivity contribution in [2.24, 2.45) is 5.73 Å². The van der Waals surface area contributed by atoms with Crippen LogP contribution in [0.1, 0.15) is 42.2 Å². The van der Waals surface area contributed by atoms with Crippen molar-refractivity contribution in [3.05, 3.63) is 101 Å². The van der Waals surface area contributed by atoms with Crippen LogP contribution in [0.2, 0.25) is 0 Å². The minimum absolute atomic E-state index is 0. The molecule has 0 bridgehead atoms. The van der Waals surface area contributed by atoms with Gasteiger partial charge in [-0.2, -0.15) is 10.5 Å². The molecule has 0 saturated carbocycles. The van der Waals surface area contributed by atoms with Crippen molar-refractivity contribution in [2.75, 3.05) is 0 Å². The summed E-state index contributed by atoms with van der Waals surface area (Å²) < 4.78 is 0. The summed E-state index contributed by atoms with van der Waals surface area (Å²) in [5, 5.41) is 37.1. The second kappa shape index (κ2) is 20.1. The van der Waals surface area contributed by atoms with Gasteiger partial charge in [0.05, 0.1) is 40.8 Å². The Kier molecular flexibility index (Phi) is 21.7. The van der Waals surface area contributed by atoms with Crippen LogP contribution in [0.15, 0.2) is 73.1 Å². The number of amides is 1. The van der Waals surface area contributed by atoms with E-state index in [1.165, 1.54) is 54.7 Å². The zero-order valence-electron chi connectivity index (χ0n) is 18.3. The third-order valence-electron chi connectivity index (χ3n) is 3.45. The third-order valence-corrected chi connectivity index (χ3v) is 3.45. The number of nitriles is 2. The SMILES string of the molecule is N#Cc1ccc(C(=O)[O-])cc1.N#Cc1ccc(C(=O)[O-])cc1.NC(=O)c1cccnc1.[OH3+].[OH3+].[OH3+].[Zn+2]. The molecule has 0 unspecified atom stereocenters. The van der Waals surface area contributed by atoms with Gasteiger partial charge in [-0.1, -0.05) is 24.3 Å². The first-order valence-corrected chi connectivity index (χ1v) is 8.41. The van der Waals surface area contributed by atoms with Gasteiger partial charge in [0.2, 0.25) is 5.91 Å². The van der Waals surface area contributed by atoms with Crippen LogP contribution < -0.4 is 15.9 Å². The number of nitrogens with two attached hydrogens (primary N) is 1. The number of pyridine rings is 1. The molecule has 178 valence electrons. The van der Waals surface area contributed by atoms with E-state index in [1.54, 1.807) is 18.3 Å². The van der Waals surface area contributed by atoms with Gasteiger partial charge in [0, 0.05) is 12.4 Å².